The lowest BCUT2D eigenvalue weighted by atomic mass is 9.99. The van der Waals surface area contributed by atoms with Crippen molar-refractivity contribution in [1.82, 2.24) is 0 Å². The smallest absolute Gasteiger partial charge is 0.0177 e. The van der Waals surface area contributed by atoms with Crippen molar-refractivity contribution in [1.29, 1.82) is 0 Å². The first kappa shape index (κ1) is 9.56. The minimum Gasteiger partial charge on any atom is -0.103 e. The Labute approximate surface area is 65.0 Å². The molecule has 0 bridgehead atoms. The molecule has 0 aromatic rings. The highest BCUT2D eigenvalue weighted by Gasteiger charge is 1.99. The molecule has 0 radical (unpaired) electrons. The molecule has 0 saturated heterocycles. The van der Waals surface area contributed by atoms with E-state index in [2.05, 4.69) is 39.5 Å². The maximum Gasteiger partial charge on any atom is 0.0177 e. The molecular formula is C10H18. The lowest BCUT2D eigenvalue weighted by molar-refractivity contribution is 0.513. The highest BCUT2D eigenvalue weighted by Crippen LogP contribution is 2.08. The molecule has 0 aliphatic heterocycles. The van der Waals surface area contributed by atoms with Gasteiger partial charge in [-0.1, -0.05) is 27.7 Å². The molecule has 0 heteroatoms. The van der Waals surface area contributed by atoms with Gasteiger partial charge in [-0.3, -0.25) is 0 Å². The molecule has 0 fully saturated rings. The Morgan fingerprint density at radius 3 is 2.20 bits per heavy atom. The van der Waals surface area contributed by atoms with E-state index in [4.69, 9.17) is 0 Å². The van der Waals surface area contributed by atoms with Crippen molar-refractivity contribution in [3.8, 4) is 11.8 Å². The maximum absolute atomic E-state index is 3.21. The standard InChI is InChI=1S/C10H18/c1-5-6-7-10(4)8-9(2)3/h9-10H,5,8H2,1-4H3. The van der Waals surface area contributed by atoms with Crippen molar-refractivity contribution in [3.63, 3.8) is 0 Å². The van der Waals surface area contributed by atoms with Gasteiger partial charge in [-0.2, -0.15) is 0 Å². The van der Waals surface area contributed by atoms with Crippen LogP contribution in [0.2, 0.25) is 0 Å². The Kier molecular flexibility index (Phi) is 5.12. The van der Waals surface area contributed by atoms with Gasteiger partial charge in [0.2, 0.25) is 0 Å². The fourth-order valence-corrected chi connectivity index (χ4v) is 1.04. The Morgan fingerprint density at radius 1 is 1.20 bits per heavy atom. The zero-order valence-corrected chi connectivity index (χ0v) is 7.57. The van der Waals surface area contributed by atoms with Gasteiger partial charge in [-0.15, -0.1) is 11.8 Å². The monoisotopic (exact) mass is 138 g/mol. The maximum atomic E-state index is 3.21. The third-order valence-corrected chi connectivity index (χ3v) is 1.35. The van der Waals surface area contributed by atoms with E-state index in [-0.39, 0.29) is 0 Å². The van der Waals surface area contributed by atoms with Gasteiger partial charge in [0.1, 0.15) is 0 Å². The number of rotatable bonds is 2. The second kappa shape index (κ2) is 5.35. The van der Waals surface area contributed by atoms with Gasteiger partial charge in [0.15, 0.2) is 0 Å². The second-order valence-corrected chi connectivity index (χ2v) is 3.21. The van der Waals surface area contributed by atoms with Crippen LogP contribution < -0.4 is 0 Å². The summed E-state index contributed by atoms with van der Waals surface area (Å²) in [5, 5.41) is 0. The summed E-state index contributed by atoms with van der Waals surface area (Å²) in [5.74, 6) is 7.68. The predicted octanol–water partition coefficient (Wildman–Crippen LogP) is 3.08. The average molecular weight is 138 g/mol. The highest BCUT2D eigenvalue weighted by atomic mass is 14.0. The molecule has 0 aromatic heterocycles. The summed E-state index contributed by atoms with van der Waals surface area (Å²) in [6.07, 6.45) is 2.22. The lowest BCUT2D eigenvalue weighted by Gasteiger charge is -2.05. The van der Waals surface area contributed by atoms with Crippen molar-refractivity contribution in [3.05, 3.63) is 0 Å². The van der Waals surface area contributed by atoms with E-state index in [1.807, 2.05) is 0 Å². The summed E-state index contributed by atoms with van der Waals surface area (Å²) in [7, 11) is 0. The molecule has 10 heavy (non-hydrogen) atoms. The minimum atomic E-state index is 0.583. The molecular weight excluding hydrogens is 120 g/mol. The molecule has 0 spiro atoms. The molecule has 0 N–H and O–H groups in total. The van der Waals surface area contributed by atoms with Gasteiger partial charge in [0.25, 0.3) is 0 Å². The van der Waals surface area contributed by atoms with Crippen LogP contribution in [0.3, 0.4) is 0 Å². The topological polar surface area (TPSA) is 0 Å². The zero-order chi connectivity index (χ0) is 7.98. The molecule has 0 aliphatic carbocycles. The molecule has 1 unspecified atom stereocenters. The first-order valence-corrected chi connectivity index (χ1v) is 4.15. The van der Waals surface area contributed by atoms with Crippen molar-refractivity contribution in [2.24, 2.45) is 11.8 Å². The van der Waals surface area contributed by atoms with Crippen LogP contribution in [-0.4, -0.2) is 0 Å². The van der Waals surface area contributed by atoms with Gasteiger partial charge >= 0.3 is 0 Å². The lowest BCUT2D eigenvalue weighted by Crippen LogP contribution is -1.96. The molecule has 0 amide bonds. The zero-order valence-electron chi connectivity index (χ0n) is 7.57. The summed E-state index contributed by atoms with van der Waals surface area (Å²) in [5.41, 5.74) is 0. The highest BCUT2D eigenvalue weighted by molar-refractivity contribution is 5.01. The second-order valence-electron chi connectivity index (χ2n) is 3.21. The molecule has 0 heterocycles. The van der Waals surface area contributed by atoms with Gasteiger partial charge < -0.3 is 0 Å². The Bertz CT molecular complexity index is 123. The Hall–Kier alpha value is -0.440. The van der Waals surface area contributed by atoms with Crippen molar-refractivity contribution >= 4 is 0 Å². The van der Waals surface area contributed by atoms with Gasteiger partial charge in [0, 0.05) is 12.3 Å². The molecule has 1 atom stereocenters. The third-order valence-electron chi connectivity index (χ3n) is 1.35. The van der Waals surface area contributed by atoms with Crippen molar-refractivity contribution < 1.29 is 0 Å². The first-order chi connectivity index (χ1) is 4.66. The van der Waals surface area contributed by atoms with Crippen LogP contribution in [0.5, 0.6) is 0 Å². The van der Waals surface area contributed by atoms with E-state index in [1.165, 1.54) is 6.42 Å². The summed E-state index contributed by atoms with van der Waals surface area (Å²) in [6, 6.07) is 0. The van der Waals surface area contributed by atoms with E-state index in [0.717, 1.165) is 12.3 Å². The van der Waals surface area contributed by atoms with Crippen LogP contribution in [-0.2, 0) is 0 Å². The van der Waals surface area contributed by atoms with E-state index in [1.54, 1.807) is 0 Å². The molecule has 0 saturated carbocycles. The summed E-state index contributed by atoms with van der Waals surface area (Å²) >= 11 is 0. The molecule has 0 aliphatic rings. The van der Waals surface area contributed by atoms with Crippen LogP contribution >= 0.6 is 0 Å². The van der Waals surface area contributed by atoms with E-state index >= 15 is 0 Å². The van der Waals surface area contributed by atoms with E-state index in [0.29, 0.717) is 5.92 Å². The van der Waals surface area contributed by atoms with Crippen LogP contribution in [0.25, 0.3) is 0 Å². The SMILES string of the molecule is CCC#CC(C)CC(C)C. The normalized spacial score (nSPS) is 12.5. The number of hydrogen-bond acceptors (Lipinski definition) is 0. The fraction of sp³-hybridized carbons (Fsp3) is 0.800. The summed E-state index contributed by atoms with van der Waals surface area (Å²) < 4.78 is 0. The Morgan fingerprint density at radius 2 is 1.80 bits per heavy atom. The summed E-state index contributed by atoms with van der Waals surface area (Å²) in [4.78, 5) is 0. The quantitative estimate of drug-likeness (QED) is 0.514. The predicted molar refractivity (Wildman–Crippen MR) is 46.7 cm³/mol. The van der Waals surface area contributed by atoms with Gasteiger partial charge in [-0.25, -0.2) is 0 Å². The van der Waals surface area contributed by atoms with Crippen LogP contribution in [0.4, 0.5) is 0 Å². The first-order valence-electron chi connectivity index (χ1n) is 4.15. The van der Waals surface area contributed by atoms with E-state index in [9.17, 15) is 0 Å². The fourth-order valence-electron chi connectivity index (χ4n) is 1.04. The van der Waals surface area contributed by atoms with Crippen LogP contribution in [0, 0.1) is 23.7 Å². The average Bonchev–Trinajstić information content (AvgIpc) is 1.82. The minimum absolute atomic E-state index is 0.583. The van der Waals surface area contributed by atoms with Crippen LogP contribution in [0.1, 0.15) is 40.5 Å². The third kappa shape index (κ3) is 5.69. The largest absolute Gasteiger partial charge is 0.103 e. The molecule has 0 nitrogen and oxygen atoms in total. The molecule has 0 rings (SSSR count). The van der Waals surface area contributed by atoms with Gasteiger partial charge in [-0.05, 0) is 12.3 Å². The molecule has 0 aromatic carbocycles. The van der Waals surface area contributed by atoms with Crippen molar-refractivity contribution in [2.45, 2.75) is 40.5 Å². The Balaban J connectivity index is 3.52. The molecule has 58 valence electrons. The van der Waals surface area contributed by atoms with Crippen molar-refractivity contribution in [2.75, 3.05) is 0 Å². The van der Waals surface area contributed by atoms with Crippen LogP contribution in [0.15, 0.2) is 0 Å². The number of hydrogen-bond donors (Lipinski definition) is 0. The van der Waals surface area contributed by atoms with Gasteiger partial charge in [0.05, 0.1) is 0 Å². The van der Waals surface area contributed by atoms with E-state index < -0.39 is 0 Å². The summed E-state index contributed by atoms with van der Waals surface area (Å²) in [6.45, 7) is 8.77.